The highest BCUT2D eigenvalue weighted by atomic mass is 35.5. The second-order valence-corrected chi connectivity index (χ2v) is 7.19. The molecule has 0 bridgehead atoms. The Bertz CT molecular complexity index is 1020. The molecule has 162 valence electrons. The third kappa shape index (κ3) is 4.87. The number of halogens is 1. The van der Waals surface area contributed by atoms with Gasteiger partial charge in [-0.1, -0.05) is 23.7 Å². The Hall–Kier alpha value is -3.36. The third-order valence-electron chi connectivity index (χ3n) is 4.80. The number of carbonyl (C=O) groups excluding carboxylic acids is 2. The van der Waals surface area contributed by atoms with Gasteiger partial charge in [-0.15, -0.1) is 0 Å². The molecule has 0 spiro atoms. The van der Waals surface area contributed by atoms with Crippen LogP contribution in [-0.2, 0) is 14.3 Å². The summed E-state index contributed by atoms with van der Waals surface area (Å²) in [5.41, 5.74) is 1.78. The molecule has 0 aromatic heterocycles. The minimum atomic E-state index is -1.08. The molecule has 1 aliphatic heterocycles. The van der Waals surface area contributed by atoms with Crippen LogP contribution in [-0.4, -0.2) is 43.4 Å². The van der Waals surface area contributed by atoms with E-state index in [-0.39, 0.29) is 24.4 Å². The molecule has 2 N–H and O–H groups in total. The summed E-state index contributed by atoms with van der Waals surface area (Å²) >= 11 is 5.97. The smallest absolute Gasteiger partial charge is 0.338 e. The number of carboxylic acid groups (broad SMARTS) is 1. The van der Waals surface area contributed by atoms with E-state index in [9.17, 15) is 14.4 Å². The zero-order chi connectivity index (χ0) is 22.5. The zero-order valence-electron chi connectivity index (χ0n) is 16.9. The lowest BCUT2D eigenvalue weighted by Crippen LogP contribution is -2.48. The number of carbonyl (C=O) groups is 3. The van der Waals surface area contributed by atoms with Crippen LogP contribution >= 0.6 is 11.6 Å². The predicted octanol–water partition coefficient (Wildman–Crippen LogP) is 3.77. The van der Waals surface area contributed by atoms with Crippen LogP contribution in [0.2, 0.25) is 5.02 Å². The predicted molar refractivity (Wildman–Crippen MR) is 114 cm³/mol. The van der Waals surface area contributed by atoms with E-state index >= 15 is 0 Å². The topological polar surface area (TPSA) is 105 Å². The van der Waals surface area contributed by atoms with Gasteiger partial charge in [0.1, 0.15) is 6.61 Å². The van der Waals surface area contributed by atoms with Crippen molar-refractivity contribution < 1.29 is 29.0 Å². The van der Waals surface area contributed by atoms with Crippen molar-refractivity contribution in [2.45, 2.75) is 13.0 Å². The first kappa shape index (κ1) is 22.3. The minimum absolute atomic E-state index is 0.0563. The lowest BCUT2D eigenvalue weighted by Gasteiger charge is -2.35. The molecule has 0 fully saturated rings. The first-order valence-corrected chi connectivity index (χ1v) is 9.77. The Balaban J connectivity index is 2.04. The average Bonchev–Trinajstić information content (AvgIpc) is 2.74. The molecule has 0 saturated carbocycles. The van der Waals surface area contributed by atoms with E-state index < -0.39 is 24.0 Å². The quantitative estimate of drug-likeness (QED) is 0.497. The molecule has 3 rings (SSSR count). The molecule has 31 heavy (non-hydrogen) atoms. The van der Waals surface area contributed by atoms with Crippen molar-refractivity contribution in [3.05, 3.63) is 76.0 Å². The Morgan fingerprint density at radius 1 is 1.10 bits per heavy atom. The number of allylic oxidation sites excluding steroid dienone is 1. The first-order chi connectivity index (χ1) is 14.8. The van der Waals surface area contributed by atoms with Gasteiger partial charge in [0.25, 0.3) is 0 Å². The summed E-state index contributed by atoms with van der Waals surface area (Å²) in [6, 6.07) is 11.4. The number of aromatic carboxylic acids is 1. The normalized spacial score (nSPS) is 16.2. The maximum absolute atomic E-state index is 13.0. The van der Waals surface area contributed by atoms with Crippen LogP contribution in [0.3, 0.4) is 0 Å². The van der Waals surface area contributed by atoms with E-state index in [1.54, 1.807) is 31.2 Å². The van der Waals surface area contributed by atoms with Gasteiger partial charge in [-0.2, -0.15) is 0 Å². The summed E-state index contributed by atoms with van der Waals surface area (Å²) in [5, 5.41) is 12.5. The van der Waals surface area contributed by atoms with Crippen molar-refractivity contribution in [1.82, 2.24) is 5.32 Å². The number of hydrogen-bond acceptors (Lipinski definition) is 5. The molecule has 1 heterocycles. The standard InChI is InChI=1S/C22H21ClN2O6/c1-13-18(21(28)31-12-11-30-2)19(14-3-7-16(23)8-4-14)24-22(29)25(13)17-9-5-15(6-10-17)20(26)27/h3-10,19H,11-12H2,1-2H3,(H,24,29)(H,26,27). The van der Waals surface area contributed by atoms with Gasteiger partial charge in [-0.05, 0) is 48.9 Å². The van der Waals surface area contributed by atoms with Crippen LogP contribution < -0.4 is 10.2 Å². The highest BCUT2D eigenvalue weighted by Crippen LogP contribution is 2.34. The molecule has 0 aliphatic carbocycles. The maximum atomic E-state index is 13.0. The molecule has 2 aromatic carbocycles. The van der Waals surface area contributed by atoms with E-state index in [4.69, 9.17) is 26.2 Å². The van der Waals surface area contributed by atoms with Crippen molar-refractivity contribution in [1.29, 1.82) is 0 Å². The van der Waals surface area contributed by atoms with Crippen molar-refractivity contribution in [2.75, 3.05) is 25.2 Å². The lowest BCUT2D eigenvalue weighted by molar-refractivity contribution is -0.140. The van der Waals surface area contributed by atoms with Crippen LogP contribution in [0.4, 0.5) is 10.5 Å². The Morgan fingerprint density at radius 2 is 1.74 bits per heavy atom. The molecule has 2 amide bonds. The molecule has 1 atom stereocenters. The fraction of sp³-hybridized carbons (Fsp3) is 0.227. The van der Waals surface area contributed by atoms with Gasteiger partial charge in [0.2, 0.25) is 0 Å². The van der Waals surface area contributed by atoms with Gasteiger partial charge in [-0.25, -0.2) is 14.4 Å². The summed E-state index contributed by atoms with van der Waals surface area (Å²) in [6.07, 6.45) is 0. The van der Waals surface area contributed by atoms with Crippen LogP contribution in [0.15, 0.2) is 59.8 Å². The van der Waals surface area contributed by atoms with Crippen LogP contribution in [0, 0.1) is 0 Å². The molecule has 1 aliphatic rings. The van der Waals surface area contributed by atoms with Crippen LogP contribution in [0.5, 0.6) is 0 Å². The molecule has 0 radical (unpaired) electrons. The molecular formula is C22H21ClN2O6. The average molecular weight is 445 g/mol. The molecule has 8 nitrogen and oxygen atoms in total. The van der Waals surface area contributed by atoms with Gasteiger partial charge >= 0.3 is 18.0 Å². The number of carboxylic acids is 1. The first-order valence-electron chi connectivity index (χ1n) is 9.39. The Labute approximate surface area is 184 Å². The second kappa shape index (κ2) is 9.63. The third-order valence-corrected chi connectivity index (χ3v) is 5.05. The van der Waals surface area contributed by atoms with Gasteiger partial charge in [0, 0.05) is 17.8 Å². The monoisotopic (exact) mass is 444 g/mol. The molecule has 2 aromatic rings. The number of amides is 2. The molecule has 1 unspecified atom stereocenters. The number of nitrogens with zero attached hydrogens (tertiary/aromatic N) is 1. The summed E-state index contributed by atoms with van der Waals surface area (Å²) < 4.78 is 10.3. The highest BCUT2D eigenvalue weighted by molar-refractivity contribution is 6.30. The number of benzene rings is 2. The number of rotatable bonds is 7. The van der Waals surface area contributed by atoms with Crippen molar-refractivity contribution in [2.24, 2.45) is 0 Å². The summed E-state index contributed by atoms with van der Waals surface area (Å²) in [7, 11) is 1.50. The summed E-state index contributed by atoms with van der Waals surface area (Å²) in [6.45, 7) is 1.93. The largest absolute Gasteiger partial charge is 0.478 e. The number of hydrogen-bond donors (Lipinski definition) is 2. The number of urea groups is 1. The number of ether oxygens (including phenoxy) is 2. The van der Waals surface area contributed by atoms with Crippen LogP contribution in [0.25, 0.3) is 0 Å². The summed E-state index contributed by atoms with van der Waals surface area (Å²) in [4.78, 5) is 38.3. The summed E-state index contributed by atoms with van der Waals surface area (Å²) in [5.74, 6) is -1.67. The maximum Gasteiger partial charge on any atom is 0.338 e. The number of esters is 1. The van der Waals surface area contributed by atoms with Crippen molar-refractivity contribution in [3.8, 4) is 0 Å². The van der Waals surface area contributed by atoms with E-state index in [2.05, 4.69) is 5.32 Å². The zero-order valence-corrected chi connectivity index (χ0v) is 17.7. The fourth-order valence-corrected chi connectivity index (χ4v) is 3.40. The minimum Gasteiger partial charge on any atom is -0.478 e. The van der Waals surface area contributed by atoms with Gasteiger partial charge < -0.3 is 19.9 Å². The van der Waals surface area contributed by atoms with Gasteiger partial charge in [0.05, 0.1) is 29.5 Å². The lowest BCUT2D eigenvalue weighted by atomic mass is 9.94. The Morgan fingerprint density at radius 3 is 2.32 bits per heavy atom. The second-order valence-electron chi connectivity index (χ2n) is 6.75. The van der Waals surface area contributed by atoms with Crippen molar-refractivity contribution in [3.63, 3.8) is 0 Å². The van der Waals surface area contributed by atoms with Gasteiger partial charge in [-0.3, -0.25) is 4.90 Å². The molecule has 0 saturated heterocycles. The van der Waals surface area contributed by atoms with Crippen molar-refractivity contribution >= 4 is 35.3 Å². The van der Waals surface area contributed by atoms with E-state index in [1.807, 2.05) is 0 Å². The number of methoxy groups -OCH3 is 1. The molecule has 9 heteroatoms. The molecular weight excluding hydrogens is 424 g/mol. The Kier molecular flexibility index (Phi) is 6.94. The number of anilines is 1. The number of nitrogens with one attached hydrogen (secondary N) is 1. The van der Waals surface area contributed by atoms with Crippen LogP contribution in [0.1, 0.15) is 28.9 Å². The van der Waals surface area contributed by atoms with E-state index in [1.165, 1.54) is 36.3 Å². The fourth-order valence-electron chi connectivity index (χ4n) is 3.27. The van der Waals surface area contributed by atoms with E-state index in [0.29, 0.717) is 22.0 Å². The van der Waals surface area contributed by atoms with Gasteiger partial charge in [0.15, 0.2) is 0 Å². The highest BCUT2D eigenvalue weighted by Gasteiger charge is 2.37. The SMILES string of the molecule is COCCOC(=O)C1=C(C)N(c2ccc(C(=O)O)cc2)C(=O)NC1c1ccc(Cl)cc1. The van der Waals surface area contributed by atoms with E-state index in [0.717, 1.165) is 0 Å².